The molecule has 100 valence electrons. The highest BCUT2D eigenvalue weighted by atomic mass is 15.1. The van der Waals surface area contributed by atoms with Gasteiger partial charge in [0.15, 0.2) is 0 Å². The first kappa shape index (κ1) is 12.3. The van der Waals surface area contributed by atoms with Gasteiger partial charge in [-0.2, -0.15) is 5.10 Å². The molecule has 3 heterocycles. The van der Waals surface area contributed by atoms with E-state index in [9.17, 15) is 0 Å². The van der Waals surface area contributed by atoms with Gasteiger partial charge in [-0.1, -0.05) is 0 Å². The smallest absolute Gasteiger partial charge is 0.112 e. The van der Waals surface area contributed by atoms with Crippen LogP contribution in [0.5, 0.6) is 0 Å². The van der Waals surface area contributed by atoms with Gasteiger partial charge in [0, 0.05) is 17.8 Å². The molecule has 5 heteroatoms. The second-order valence-corrected chi connectivity index (χ2v) is 5.34. The predicted octanol–water partition coefficient (Wildman–Crippen LogP) is 1.98. The van der Waals surface area contributed by atoms with Crippen molar-refractivity contribution < 1.29 is 0 Å². The molecule has 19 heavy (non-hydrogen) atoms. The third kappa shape index (κ3) is 2.66. The van der Waals surface area contributed by atoms with E-state index in [1.165, 1.54) is 12.8 Å². The number of piperidine rings is 1. The van der Waals surface area contributed by atoms with Gasteiger partial charge in [-0.3, -0.25) is 15.1 Å². The number of nitrogens with zero attached hydrogens (tertiary/aromatic N) is 4. The zero-order valence-corrected chi connectivity index (χ0v) is 11.4. The molecule has 1 saturated heterocycles. The van der Waals surface area contributed by atoms with E-state index < -0.39 is 0 Å². The maximum absolute atomic E-state index is 4.58. The number of H-pyrrole nitrogens is 1. The molecule has 0 aromatic carbocycles. The summed E-state index contributed by atoms with van der Waals surface area (Å²) in [7, 11) is 2.17. The molecular formula is C14H19N5. The predicted molar refractivity (Wildman–Crippen MR) is 73.8 cm³/mol. The molecule has 0 radical (unpaired) electrons. The van der Waals surface area contributed by atoms with E-state index in [0.717, 1.165) is 35.9 Å². The van der Waals surface area contributed by atoms with Gasteiger partial charge in [0.2, 0.25) is 0 Å². The Morgan fingerprint density at radius 3 is 2.53 bits per heavy atom. The molecule has 0 saturated carbocycles. The Kier molecular flexibility index (Phi) is 3.29. The van der Waals surface area contributed by atoms with Crippen molar-refractivity contribution in [2.45, 2.75) is 25.7 Å². The summed E-state index contributed by atoms with van der Waals surface area (Å²) in [5.74, 6) is 0.554. The Hall–Kier alpha value is -1.75. The van der Waals surface area contributed by atoms with Crippen molar-refractivity contribution in [3.05, 3.63) is 29.8 Å². The van der Waals surface area contributed by atoms with Crippen molar-refractivity contribution >= 4 is 0 Å². The van der Waals surface area contributed by atoms with E-state index >= 15 is 0 Å². The fourth-order valence-corrected chi connectivity index (χ4v) is 2.53. The van der Waals surface area contributed by atoms with Gasteiger partial charge in [0.25, 0.3) is 0 Å². The summed E-state index contributed by atoms with van der Waals surface area (Å²) < 4.78 is 0. The van der Waals surface area contributed by atoms with Crippen LogP contribution >= 0.6 is 0 Å². The molecule has 5 nitrogen and oxygen atoms in total. The summed E-state index contributed by atoms with van der Waals surface area (Å²) in [6.45, 7) is 4.27. The Morgan fingerprint density at radius 2 is 1.95 bits per heavy atom. The first-order chi connectivity index (χ1) is 9.22. The zero-order chi connectivity index (χ0) is 13.2. The Bertz CT molecular complexity index is 537. The quantitative estimate of drug-likeness (QED) is 0.893. The van der Waals surface area contributed by atoms with Crippen LogP contribution in [0.2, 0.25) is 0 Å². The Labute approximate surface area is 113 Å². The molecular weight excluding hydrogens is 238 g/mol. The van der Waals surface area contributed by atoms with Gasteiger partial charge in [0.05, 0.1) is 11.9 Å². The minimum atomic E-state index is 0.554. The Balaban J connectivity index is 1.75. The van der Waals surface area contributed by atoms with Crippen LogP contribution in [0.15, 0.2) is 18.5 Å². The largest absolute Gasteiger partial charge is 0.306 e. The number of likely N-dealkylation sites (tertiary alicyclic amines) is 1. The van der Waals surface area contributed by atoms with Gasteiger partial charge in [-0.15, -0.1) is 0 Å². The summed E-state index contributed by atoms with van der Waals surface area (Å²) in [5, 5.41) is 7.13. The van der Waals surface area contributed by atoms with Gasteiger partial charge in [0.1, 0.15) is 11.4 Å². The highest BCUT2D eigenvalue weighted by Crippen LogP contribution is 2.26. The summed E-state index contributed by atoms with van der Waals surface area (Å²) in [4.78, 5) is 11.4. The SMILES string of the molecule is Cc1cc(-c2cnc(C3CCN(C)CC3)cn2)n[nH]1. The zero-order valence-electron chi connectivity index (χ0n) is 11.4. The molecule has 0 unspecified atom stereocenters. The maximum Gasteiger partial charge on any atom is 0.112 e. The fourth-order valence-electron chi connectivity index (χ4n) is 2.53. The molecule has 0 atom stereocenters. The van der Waals surface area contributed by atoms with E-state index in [0.29, 0.717) is 5.92 Å². The average molecular weight is 257 g/mol. The normalized spacial score (nSPS) is 17.8. The first-order valence-corrected chi connectivity index (χ1v) is 6.75. The number of hydrogen-bond acceptors (Lipinski definition) is 4. The van der Waals surface area contributed by atoms with E-state index in [-0.39, 0.29) is 0 Å². The monoisotopic (exact) mass is 257 g/mol. The van der Waals surface area contributed by atoms with E-state index in [1.54, 1.807) is 0 Å². The Morgan fingerprint density at radius 1 is 1.16 bits per heavy atom. The van der Waals surface area contributed by atoms with Gasteiger partial charge >= 0.3 is 0 Å². The average Bonchev–Trinajstić information content (AvgIpc) is 2.87. The lowest BCUT2D eigenvalue weighted by molar-refractivity contribution is 0.253. The highest BCUT2D eigenvalue weighted by Gasteiger charge is 2.19. The van der Waals surface area contributed by atoms with Crippen molar-refractivity contribution in [1.29, 1.82) is 0 Å². The van der Waals surface area contributed by atoms with Crippen LogP contribution in [0, 0.1) is 6.92 Å². The lowest BCUT2D eigenvalue weighted by Gasteiger charge is -2.28. The minimum absolute atomic E-state index is 0.554. The number of nitrogens with one attached hydrogen (secondary N) is 1. The second-order valence-electron chi connectivity index (χ2n) is 5.34. The van der Waals surface area contributed by atoms with E-state index in [4.69, 9.17) is 0 Å². The second kappa shape index (κ2) is 5.09. The molecule has 2 aromatic heterocycles. The number of aromatic nitrogens is 4. The van der Waals surface area contributed by atoms with Crippen molar-refractivity contribution in [2.24, 2.45) is 0 Å². The van der Waals surface area contributed by atoms with Crippen LogP contribution in [-0.2, 0) is 0 Å². The van der Waals surface area contributed by atoms with E-state index in [1.807, 2.05) is 25.4 Å². The van der Waals surface area contributed by atoms with Crippen molar-refractivity contribution in [2.75, 3.05) is 20.1 Å². The van der Waals surface area contributed by atoms with Crippen LogP contribution in [0.1, 0.15) is 30.1 Å². The maximum atomic E-state index is 4.58. The first-order valence-electron chi connectivity index (χ1n) is 6.75. The van der Waals surface area contributed by atoms with Crippen LogP contribution in [0.25, 0.3) is 11.4 Å². The van der Waals surface area contributed by atoms with Gasteiger partial charge in [-0.25, -0.2) is 0 Å². The van der Waals surface area contributed by atoms with Crippen LogP contribution < -0.4 is 0 Å². The number of aromatic amines is 1. The summed E-state index contributed by atoms with van der Waals surface area (Å²) >= 11 is 0. The van der Waals surface area contributed by atoms with Crippen LogP contribution in [0.3, 0.4) is 0 Å². The lowest BCUT2D eigenvalue weighted by atomic mass is 9.94. The van der Waals surface area contributed by atoms with E-state index in [2.05, 4.69) is 32.1 Å². The molecule has 2 aromatic rings. The summed E-state index contributed by atoms with van der Waals surface area (Å²) in [5.41, 5.74) is 3.85. The van der Waals surface area contributed by atoms with Crippen LogP contribution in [0.4, 0.5) is 0 Å². The van der Waals surface area contributed by atoms with Gasteiger partial charge < -0.3 is 4.90 Å². The number of hydrogen-bond donors (Lipinski definition) is 1. The molecule has 1 fully saturated rings. The lowest BCUT2D eigenvalue weighted by Crippen LogP contribution is -2.29. The number of rotatable bonds is 2. The minimum Gasteiger partial charge on any atom is -0.306 e. The van der Waals surface area contributed by atoms with Crippen LogP contribution in [-0.4, -0.2) is 45.2 Å². The third-order valence-electron chi connectivity index (χ3n) is 3.78. The fraction of sp³-hybridized carbons (Fsp3) is 0.500. The van der Waals surface area contributed by atoms with Crippen molar-refractivity contribution in [1.82, 2.24) is 25.1 Å². The molecule has 0 spiro atoms. The molecule has 1 N–H and O–H groups in total. The third-order valence-corrected chi connectivity index (χ3v) is 3.78. The summed E-state index contributed by atoms with van der Waals surface area (Å²) in [6, 6.07) is 1.99. The molecule has 1 aliphatic rings. The van der Waals surface area contributed by atoms with Crippen molar-refractivity contribution in [3.63, 3.8) is 0 Å². The molecule has 1 aliphatic heterocycles. The summed E-state index contributed by atoms with van der Waals surface area (Å²) in [6.07, 6.45) is 6.09. The van der Waals surface area contributed by atoms with Crippen molar-refractivity contribution in [3.8, 4) is 11.4 Å². The highest BCUT2D eigenvalue weighted by molar-refractivity contribution is 5.52. The molecule has 0 aliphatic carbocycles. The molecule has 3 rings (SSSR count). The topological polar surface area (TPSA) is 57.7 Å². The molecule has 0 amide bonds. The number of aryl methyl sites for hydroxylation is 1. The van der Waals surface area contributed by atoms with Gasteiger partial charge in [-0.05, 0) is 46.0 Å². The molecule has 0 bridgehead atoms. The standard InChI is InChI=1S/C14H19N5/c1-10-7-12(18-17-10)14-9-15-13(8-16-14)11-3-5-19(2)6-4-11/h7-9,11H,3-6H2,1-2H3,(H,17,18).